The maximum atomic E-state index is 12.4. The molecule has 0 fully saturated rings. The molecule has 8 nitrogen and oxygen atoms in total. The molecule has 0 spiro atoms. The van der Waals surface area contributed by atoms with Crippen molar-refractivity contribution in [3.63, 3.8) is 0 Å². The van der Waals surface area contributed by atoms with E-state index in [0.29, 0.717) is 13.1 Å². The van der Waals surface area contributed by atoms with E-state index in [9.17, 15) is 9.59 Å². The molecular weight excluding hydrogens is 334 g/mol. The summed E-state index contributed by atoms with van der Waals surface area (Å²) >= 11 is 6.03. The maximum Gasteiger partial charge on any atom is 0.361 e. The number of anilines is 1. The third kappa shape index (κ3) is 3.94. The van der Waals surface area contributed by atoms with Crippen LogP contribution in [0, 0.1) is 0 Å². The Hall–Kier alpha value is -2.35. The van der Waals surface area contributed by atoms with E-state index >= 15 is 0 Å². The van der Waals surface area contributed by atoms with Gasteiger partial charge in [0.2, 0.25) is 0 Å². The molecular formula is C15H20ClN5O3. The summed E-state index contributed by atoms with van der Waals surface area (Å²) in [4.78, 5) is 24.5. The Balaban J connectivity index is 2.27. The highest BCUT2D eigenvalue weighted by molar-refractivity contribution is 6.34. The van der Waals surface area contributed by atoms with Crippen molar-refractivity contribution in [1.29, 1.82) is 0 Å². The zero-order valence-corrected chi connectivity index (χ0v) is 14.8. The second-order valence-corrected chi connectivity index (χ2v) is 5.74. The number of carbonyl (C=O) groups is 2. The van der Waals surface area contributed by atoms with Gasteiger partial charge >= 0.3 is 5.97 Å². The summed E-state index contributed by atoms with van der Waals surface area (Å²) < 4.78 is 8.25. The third-order valence-corrected chi connectivity index (χ3v) is 3.40. The van der Waals surface area contributed by atoms with Gasteiger partial charge in [-0.05, 0) is 27.7 Å². The molecule has 0 aromatic carbocycles. The van der Waals surface area contributed by atoms with Crippen molar-refractivity contribution >= 4 is 29.2 Å². The Morgan fingerprint density at radius 2 is 1.75 bits per heavy atom. The summed E-state index contributed by atoms with van der Waals surface area (Å²) in [5.41, 5.74) is 0.394. The molecule has 2 aromatic heterocycles. The van der Waals surface area contributed by atoms with Crippen molar-refractivity contribution in [2.24, 2.45) is 0 Å². The van der Waals surface area contributed by atoms with Crippen LogP contribution in [0.5, 0.6) is 0 Å². The zero-order chi connectivity index (χ0) is 17.9. The SMILES string of the molecule is CCn1cc(Cl)c(C(=O)Nc2cn(CC)nc2C(=O)OC(C)C)n1. The van der Waals surface area contributed by atoms with Gasteiger partial charge in [0.05, 0.1) is 16.8 Å². The molecule has 0 radical (unpaired) electrons. The fourth-order valence-corrected chi connectivity index (χ4v) is 2.23. The van der Waals surface area contributed by atoms with Gasteiger partial charge in [-0.15, -0.1) is 0 Å². The zero-order valence-electron chi connectivity index (χ0n) is 14.0. The molecule has 0 aliphatic heterocycles. The molecule has 0 aliphatic rings. The van der Waals surface area contributed by atoms with E-state index in [0.717, 1.165) is 0 Å². The van der Waals surface area contributed by atoms with Crippen molar-refractivity contribution in [2.45, 2.75) is 46.9 Å². The Morgan fingerprint density at radius 1 is 1.17 bits per heavy atom. The lowest BCUT2D eigenvalue weighted by atomic mass is 10.3. The lowest BCUT2D eigenvalue weighted by molar-refractivity contribution is 0.0371. The average molecular weight is 354 g/mol. The predicted molar refractivity (Wildman–Crippen MR) is 89.3 cm³/mol. The van der Waals surface area contributed by atoms with Gasteiger partial charge in [-0.3, -0.25) is 14.2 Å². The van der Waals surface area contributed by atoms with E-state index in [1.165, 1.54) is 0 Å². The molecule has 1 amide bonds. The van der Waals surface area contributed by atoms with Crippen LogP contribution in [0.4, 0.5) is 5.69 Å². The van der Waals surface area contributed by atoms with Crippen molar-refractivity contribution in [1.82, 2.24) is 19.6 Å². The highest BCUT2D eigenvalue weighted by Gasteiger charge is 2.23. The Morgan fingerprint density at radius 3 is 2.29 bits per heavy atom. The second kappa shape index (κ2) is 7.48. The number of ether oxygens (including phenoxy) is 1. The number of nitrogens with zero attached hydrogens (tertiary/aromatic N) is 4. The van der Waals surface area contributed by atoms with Crippen LogP contribution in [0.1, 0.15) is 48.7 Å². The third-order valence-electron chi connectivity index (χ3n) is 3.13. The van der Waals surface area contributed by atoms with Crippen LogP contribution >= 0.6 is 11.6 Å². The van der Waals surface area contributed by atoms with Gasteiger partial charge in [0.25, 0.3) is 5.91 Å². The molecule has 130 valence electrons. The van der Waals surface area contributed by atoms with E-state index in [1.54, 1.807) is 35.6 Å². The summed E-state index contributed by atoms with van der Waals surface area (Å²) in [5.74, 6) is -1.11. The number of hydrogen-bond acceptors (Lipinski definition) is 5. The highest BCUT2D eigenvalue weighted by atomic mass is 35.5. The first-order chi connectivity index (χ1) is 11.3. The molecule has 2 rings (SSSR count). The molecule has 0 unspecified atom stereocenters. The molecule has 0 atom stereocenters. The molecule has 2 aromatic rings. The summed E-state index contributed by atoms with van der Waals surface area (Å²) in [6.07, 6.45) is 2.85. The molecule has 0 saturated heterocycles. The van der Waals surface area contributed by atoms with Gasteiger partial charge in [-0.2, -0.15) is 10.2 Å². The predicted octanol–water partition coefficient (Wildman–Crippen LogP) is 2.59. The van der Waals surface area contributed by atoms with Gasteiger partial charge < -0.3 is 10.1 Å². The van der Waals surface area contributed by atoms with E-state index < -0.39 is 11.9 Å². The first-order valence-electron chi connectivity index (χ1n) is 7.68. The first kappa shape index (κ1) is 18.0. The van der Waals surface area contributed by atoms with Crippen LogP contribution in [0.2, 0.25) is 5.02 Å². The van der Waals surface area contributed by atoms with Crippen LogP contribution in [-0.4, -0.2) is 37.5 Å². The lowest BCUT2D eigenvalue weighted by Crippen LogP contribution is -2.18. The smallest absolute Gasteiger partial charge is 0.361 e. The highest BCUT2D eigenvalue weighted by Crippen LogP contribution is 2.20. The minimum Gasteiger partial charge on any atom is -0.458 e. The molecule has 1 N–H and O–H groups in total. The van der Waals surface area contributed by atoms with Gasteiger partial charge in [0.1, 0.15) is 0 Å². The van der Waals surface area contributed by atoms with Crippen molar-refractivity contribution in [2.75, 3.05) is 5.32 Å². The monoisotopic (exact) mass is 353 g/mol. The molecule has 0 aliphatic carbocycles. The minimum absolute atomic E-state index is 0.0462. The summed E-state index contributed by atoms with van der Waals surface area (Å²) in [6.45, 7) is 8.37. The summed E-state index contributed by atoms with van der Waals surface area (Å²) in [6, 6.07) is 0. The number of aromatic nitrogens is 4. The van der Waals surface area contributed by atoms with Crippen LogP contribution in [0.3, 0.4) is 0 Å². The number of carbonyl (C=O) groups excluding carboxylic acids is 2. The van der Waals surface area contributed by atoms with E-state index in [2.05, 4.69) is 15.5 Å². The molecule has 24 heavy (non-hydrogen) atoms. The number of rotatable bonds is 6. The molecule has 2 heterocycles. The van der Waals surface area contributed by atoms with Crippen LogP contribution < -0.4 is 5.32 Å². The van der Waals surface area contributed by atoms with Gasteiger partial charge in [-0.25, -0.2) is 4.79 Å². The maximum absolute atomic E-state index is 12.4. The number of aryl methyl sites for hydroxylation is 2. The minimum atomic E-state index is -0.599. The van der Waals surface area contributed by atoms with E-state index in [4.69, 9.17) is 16.3 Å². The van der Waals surface area contributed by atoms with Crippen LogP contribution in [0.25, 0.3) is 0 Å². The van der Waals surface area contributed by atoms with E-state index in [1.807, 2.05) is 13.8 Å². The first-order valence-corrected chi connectivity index (χ1v) is 8.06. The van der Waals surface area contributed by atoms with E-state index in [-0.39, 0.29) is 28.2 Å². The Bertz CT molecular complexity index is 750. The number of amides is 1. The van der Waals surface area contributed by atoms with Crippen LogP contribution in [0.15, 0.2) is 12.4 Å². The number of esters is 1. The number of nitrogens with one attached hydrogen (secondary N) is 1. The Labute approximate surface area is 144 Å². The normalized spacial score (nSPS) is 10.9. The van der Waals surface area contributed by atoms with Crippen molar-refractivity contribution in [3.8, 4) is 0 Å². The molecule has 0 saturated carbocycles. The lowest BCUT2D eigenvalue weighted by Gasteiger charge is -2.07. The Kier molecular flexibility index (Phi) is 5.61. The molecule has 9 heteroatoms. The second-order valence-electron chi connectivity index (χ2n) is 5.34. The standard InChI is InChI=1S/C15H20ClN5O3/c1-5-20-7-10(16)12(18-20)14(22)17-11-8-21(6-2)19-13(11)15(23)24-9(3)4/h7-9H,5-6H2,1-4H3,(H,17,22). The van der Waals surface area contributed by atoms with Crippen LogP contribution in [-0.2, 0) is 17.8 Å². The van der Waals surface area contributed by atoms with Crippen molar-refractivity contribution < 1.29 is 14.3 Å². The van der Waals surface area contributed by atoms with Gasteiger partial charge in [0, 0.05) is 25.5 Å². The fraction of sp³-hybridized carbons (Fsp3) is 0.467. The summed E-state index contributed by atoms with van der Waals surface area (Å²) in [5, 5.41) is 11.1. The average Bonchev–Trinajstić information content (AvgIpc) is 3.09. The fourth-order valence-electron chi connectivity index (χ4n) is 1.99. The number of hydrogen-bond donors (Lipinski definition) is 1. The summed E-state index contributed by atoms with van der Waals surface area (Å²) in [7, 11) is 0. The topological polar surface area (TPSA) is 91.0 Å². The quantitative estimate of drug-likeness (QED) is 0.806. The van der Waals surface area contributed by atoms with Crippen molar-refractivity contribution in [3.05, 3.63) is 28.8 Å². The van der Waals surface area contributed by atoms with Gasteiger partial charge in [0.15, 0.2) is 11.4 Å². The number of halogens is 1. The largest absolute Gasteiger partial charge is 0.458 e. The van der Waals surface area contributed by atoms with Gasteiger partial charge in [-0.1, -0.05) is 11.6 Å². The molecule has 0 bridgehead atoms.